The number of piperidine rings is 1. The van der Waals surface area contributed by atoms with Gasteiger partial charge in [-0.25, -0.2) is 0 Å². The molecule has 4 nitrogen and oxygen atoms in total. The van der Waals surface area contributed by atoms with Crippen LogP contribution in [0.4, 0.5) is 0 Å². The van der Waals surface area contributed by atoms with Crippen LogP contribution in [-0.4, -0.2) is 48.4 Å². The molecule has 1 aromatic carbocycles. The molecule has 2 N–H and O–H groups in total. The van der Waals surface area contributed by atoms with Gasteiger partial charge >= 0.3 is 0 Å². The Hall–Kier alpha value is -0.460. The number of halogens is 2. The Morgan fingerprint density at radius 3 is 2.79 bits per heavy atom. The van der Waals surface area contributed by atoms with Gasteiger partial charge in [0, 0.05) is 29.6 Å². The molecule has 134 valence electrons. The van der Waals surface area contributed by atoms with Crippen LogP contribution in [0.5, 0.6) is 0 Å². The molecule has 1 aliphatic rings. The van der Waals surface area contributed by atoms with E-state index in [1.165, 1.54) is 11.8 Å². The number of hydrogen-bond acceptors (Lipinski definition) is 4. The van der Waals surface area contributed by atoms with Crippen LogP contribution in [0.15, 0.2) is 23.1 Å². The highest BCUT2D eigenvalue weighted by Crippen LogP contribution is 2.33. The summed E-state index contributed by atoms with van der Waals surface area (Å²) in [6.07, 6.45) is 2.88. The summed E-state index contributed by atoms with van der Waals surface area (Å²) in [4.78, 5) is 15.4. The summed E-state index contributed by atoms with van der Waals surface area (Å²) in [5.74, 6) is 0.136. The second-order valence-electron chi connectivity index (χ2n) is 5.87. The van der Waals surface area contributed by atoms with Gasteiger partial charge in [-0.2, -0.15) is 0 Å². The number of likely N-dealkylation sites (tertiary alicyclic amines) is 1. The Morgan fingerprint density at radius 2 is 2.12 bits per heavy atom. The smallest absolute Gasteiger partial charge is 0.235 e. The van der Waals surface area contributed by atoms with Crippen LogP contribution >= 0.6 is 35.0 Å². The van der Waals surface area contributed by atoms with Gasteiger partial charge in [0.05, 0.1) is 16.4 Å². The van der Waals surface area contributed by atoms with Crippen molar-refractivity contribution < 1.29 is 9.53 Å². The molecular formula is C17H24Cl2N2O2S. The van der Waals surface area contributed by atoms with Crippen molar-refractivity contribution in [1.82, 2.24) is 4.90 Å². The molecule has 1 fully saturated rings. The van der Waals surface area contributed by atoms with Gasteiger partial charge in [-0.3, -0.25) is 4.79 Å². The zero-order valence-electron chi connectivity index (χ0n) is 13.8. The molecule has 0 spiro atoms. The van der Waals surface area contributed by atoms with E-state index >= 15 is 0 Å². The van der Waals surface area contributed by atoms with E-state index in [9.17, 15) is 4.79 Å². The Morgan fingerprint density at radius 1 is 1.42 bits per heavy atom. The van der Waals surface area contributed by atoms with E-state index in [0.717, 1.165) is 37.2 Å². The van der Waals surface area contributed by atoms with E-state index < -0.39 is 0 Å². The fraction of sp³-hybridized carbons (Fsp3) is 0.588. The number of thioether (sulfide) groups is 1. The first-order valence-corrected chi connectivity index (χ1v) is 9.87. The SMILES string of the molecule is CC(Sc1cc(Cl)ccc1Cl)C(=O)N1CCC(OCCCN)CC1. The van der Waals surface area contributed by atoms with Crippen LogP contribution in [0, 0.1) is 0 Å². The lowest BCUT2D eigenvalue weighted by atomic mass is 10.1. The highest BCUT2D eigenvalue weighted by molar-refractivity contribution is 8.00. The average Bonchev–Trinajstić information content (AvgIpc) is 2.58. The van der Waals surface area contributed by atoms with E-state index in [1.54, 1.807) is 18.2 Å². The summed E-state index contributed by atoms with van der Waals surface area (Å²) in [6.45, 7) is 4.74. The number of rotatable bonds is 7. The summed E-state index contributed by atoms with van der Waals surface area (Å²) in [7, 11) is 0. The Balaban J connectivity index is 1.82. The van der Waals surface area contributed by atoms with Gasteiger partial charge in [0.15, 0.2) is 0 Å². The van der Waals surface area contributed by atoms with Crippen LogP contribution in [0.3, 0.4) is 0 Å². The molecule has 24 heavy (non-hydrogen) atoms. The monoisotopic (exact) mass is 390 g/mol. The van der Waals surface area contributed by atoms with Gasteiger partial charge in [-0.15, -0.1) is 11.8 Å². The van der Waals surface area contributed by atoms with Crippen molar-refractivity contribution in [2.24, 2.45) is 5.73 Å². The van der Waals surface area contributed by atoms with Crippen LogP contribution in [-0.2, 0) is 9.53 Å². The molecular weight excluding hydrogens is 367 g/mol. The van der Waals surface area contributed by atoms with Crippen LogP contribution in [0.25, 0.3) is 0 Å². The standard InChI is InChI=1S/C17H24Cl2N2O2S/c1-12(24-16-11-13(18)3-4-15(16)19)17(22)21-8-5-14(6-9-21)23-10-2-7-20/h3-4,11-12,14H,2,5-10,20H2,1H3. The predicted octanol–water partition coefficient (Wildman–Crippen LogP) is 3.83. The molecule has 0 radical (unpaired) electrons. The third kappa shape index (κ3) is 5.81. The molecule has 2 rings (SSSR count). The zero-order chi connectivity index (χ0) is 17.5. The molecule has 1 unspecified atom stereocenters. The lowest BCUT2D eigenvalue weighted by Crippen LogP contribution is -2.44. The summed E-state index contributed by atoms with van der Waals surface area (Å²) < 4.78 is 5.78. The second kappa shape index (κ2) is 9.88. The molecule has 1 saturated heterocycles. The molecule has 1 aromatic rings. The number of benzene rings is 1. The molecule has 0 bridgehead atoms. The van der Waals surface area contributed by atoms with Crippen molar-refractivity contribution in [3.8, 4) is 0 Å². The van der Waals surface area contributed by atoms with Crippen molar-refractivity contribution in [2.75, 3.05) is 26.2 Å². The Bertz CT molecular complexity index is 551. The van der Waals surface area contributed by atoms with Crippen molar-refractivity contribution in [1.29, 1.82) is 0 Å². The molecule has 1 amide bonds. The highest BCUT2D eigenvalue weighted by Gasteiger charge is 2.27. The third-order valence-electron chi connectivity index (χ3n) is 4.00. The minimum absolute atomic E-state index is 0.136. The number of amides is 1. The topological polar surface area (TPSA) is 55.6 Å². The van der Waals surface area contributed by atoms with Crippen molar-refractivity contribution >= 4 is 40.9 Å². The van der Waals surface area contributed by atoms with Crippen molar-refractivity contribution in [3.05, 3.63) is 28.2 Å². The number of hydrogen-bond donors (Lipinski definition) is 1. The quantitative estimate of drug-likeness (QED) is 0.567. The first kappa shape index (κ1) is 19.9. The van der Waals surface area contributed by atoms with E-state index in [0.29, 0.717) is 23.2 Å². The molecule has 0 saturated carbocycles. The van der Waals surface area contributed by atoms with Gasteiger partial charge in [-0.1, -0.05) is 23.2 Å². The summed E-state index contributed by atoms with van der Waals surface area (Å²) in [5, 5.41) is 1.05. The van der Waals surface area contributed by atoms with Crippen LogP contribution in [0.2, 0.25) is 10.0 Å². The summed E-state index contributed by atoms with van der Waals surface area (Å²) in [6, 6.07) is 5.30. The van der Waals surface area contributed by atoms with E-state index in [4.69, 9.17) is 33.7 Å². The number of carbonyl (C=O) groups is 1. The fourth-order valence-corrected chi connectivity index (χ4v) is 4.14. The normalized spacial score (nSPS) is 17.1. The molecule has 1 atom stereocenters. The molecule has 0 aromatic heterocycles. The summed E-state index contributed by atoms with van der Waals surface area (Å²) >= 11 is 13.6. The molecule has 7 heteroatoms. The number of nitrogens with two attached hydrogens (primary N) is 1. The molecule has 0 aliphatic carbocycles. The minimum Gasteiger partial charge on any atom is -0.378 e. The van der Waals surface area contributed by atoms with Crippen LogP contribution < -0.4 is 5.73 Å². The van der Waals surface area contributed by atoms with Gasteiger partial charge in [0.25, 0.3) is 0 Å². The lowest BCUT2D eigenvalue weighted by molar-refractivity contribution is -0.132. The van der Waals surface area contributed by atoms with E-state index in [2.05, 4.69) is 0 Å². The largest absolute Gasteiger partial charge is 0.378 e. The maximum atomic E-state index is 12.6. The second-order valence-corrected chi connectivity index (χ2v) is 8.10. The minimum atomic E-state index is -0.198. The zero-order valence-corrected chi connectivity index (χ0v) is 16.2. The maximum Gasteiger partial charge on any atom is 0.235 e. The van der Waals surface area contributed by atoms with Gasteiger partial charge in [-0.05, 0) is 50.9 Å². The number of carbonyl (C=O) groups excluding carboxylic acids is 1. The first-order valence-electron chi connectivity index (χ1n) is 8.23. The predicted molar refractivity (Wildman–Crippen MR) is 101 cm³/mol. The number of ether oxygens (including phenoxy) is 1. The lowest BCUT2D eigenvalue weighted by Gasteiger charge is -2.33. The highest BCUT2D eigenvalue weighted by atomic mass is 35.5. The van der Waals surface area contributed by atoms with Gasteiger partial charge < -0.3 is 15.4 Å². The Labute approximate surface area is 158 Å². The van der Waals surface area contributed by atoms with Gasteiger partial charge in [0.2, 0.25) is 5.91 Å². The van der Waals surface area contributed by atoms with Crippen molar-refractivity contribution in [2.45, 2.75) is 42.4 Å². The fourth-order valence-electron chi connectivity index (χ4n) is 2.64. The maximum absolute atomic E-state index is 12.6. The number of nitrogens with zero attached hydrogens (tertiary/aromatic N) is 1. The molecule has 1 aliphatic heterocycles. The molecule has 1 heterocycles. The van der Waals surface area contributed by atoms with Crippen LogP contribution in [0.1, 0.15) is 26.2 Å². The average molecular weight is 391 g/mol. The van der Waals surface area contributed by atoms with E-state index in [1.807, 2.05) is 11.8 Å². The third-order valence-corrected chi connectivity index (χ3v) is 5.82. The Kier molecular flexibility index (Phi) is 8.17. The van der Waals surface area contributed by atoms with Crippen molar-refractivity contribution in [3.63, 3.8) is 0 Å². The van der Waals surface area contributed by atoms with Gasteiger partial charge in [0.1, 0.15) is 0 Å². The first-order chi connectivity index (χ1) is 11.5. The van der Waals surface area contributed by atoms with E-state index in [-0.39, 0.29) is 17.3 Å². The summed E-state index contributed by atoms with van der Waals surface area (Å²) in [5.41, 5.74) is 5.47.